The SMILES string of the molecule is CC(=O)N(c1nc(CSc2nc3ncccn3n2)cs1)c1c(C)cc(C)cc1Cl. The number of halogens is 1. The van der Waals surface area contributed by atoms with E-state index < -0.39 is 0 Å². The highest BCUT2D eigenvalue weighted by Crippen LogP contribution is 2.37. The first-order valence-corrected chi connectivity index (χ1v) is 11.0. The maximum Gasteiger partial charge on any atom is 0.253 e. The second-order valence-electron chi connectivity index (χ2n) is 6.44. The number of fused-ring (bicyclic) bond motifs is 1. The number of rotatable bonds is 5. The van der Waals surface area contributed by atoms with E-state index in [1.807, 2.05) is 31.4 Å². The molecule has 29 heavy (non-hydrogen) atoms. The fourth-order valence-corrected chi connectivity index (χ4v) is 5.06. The lowest BCUT2D eigenvalue weighted by atomic mass is 10.1. The molecule has 1 aromatic carbocycles. The van der Waals surface area contributed by atoms with Crippen LogP contribution in [-0.4, -0.2) is 30.5 Å². The van der Waals surface area contributed by atoms with Crippen LogP contribution in [0.3, 0.4) is 0 Å². The molecule has 3 heterocycles. The summed E-state index contributed by atoms with van der Waals surface area (Å²) in [6.07, 6.45) is 3.48. The molecule has 0 radical (unpaired) electrons. The predicted molar refractivity (Wildman–Crippen MR) is 116 cm³/mol. The Labute approximate surface area is 180 Å². The van der Waals surface area contributed by atoms with Gasteiger partial charge >= 0.3 is 0 Å². The van der Waals surface area contributed by atoms with Gasteiger partial charge in [0.1, 0.15) is 0 Å². The highest BCUT2D eigenvalue weighted by Gasteiger charge is 2.22. The molecule has 10 heteroatoms. The Morgan fingerprint density at radius 2 is 2.14 bits per heavy atom. The molecule has 0 unspecified atom stereocenters. The van der Waals surface area contributed by atoms with Gasteiger partial charge in [0, 0.05) is 30.5 Å². The van der Waals surface area contributed by atoms with Crippen LogP contribution in [0.5, 0.6) is 0 Å². The average Bonchev–Trinajstić information content (AvgIpc) is 3.28. The van der Waals surface area contributed by atoms with Gasteiger partial charge in [-0.05, 0) is 37.1 Å². The fraction of sp³-hybridized carbons (Fsp3) is 0.211. The van der Waals surface area contributed by atoms with Crippen LogP contribution in [-0.2, 0) is 10.5 Å². The molecule has 0 bridgehead atoms. The number of carbonyl (C=O) groups is 1. The van der Waals surface area contributed by atoms with Crippen molar-refractivity contribution in [2.24, 2.45) is 0 Å². The number of amides is 1. The van der Waals surface area contributed by atoms with E-state index in [1.165, 1.54) is 30.0 Å². The Morgan fingerprint density at radius 3 is 2.86 bits per heavy atom. The molecule has 0 aliphatic carbocycles. The van der Waals surface area contributed by atoms with Crippen LogP contribution >= 0.6 is 34.7 Å². The van der Waals surface area contributed by atoms with Crippen molar-refractivity contribution in [1.29, 1.82) is 0 Å². The van der Waals surface area contributed by atoms with Crippen molar-refractivity contribution in [3.8, 4) is 0 Å². The van der Waals surface area contributed by atoms with E-state index in [-0.39, 0.29) is 5.91 Å². The Morgan fingerprint density at radius 1 is 1.31 bits per heavy atom. The molecule has 0 saturated carbocycles. The molecule has 0 N–H and O–H groups in total. The molecule has 0 atom stereocenters. The molecule has 0 saturated heterocycles. The predicted octanol–water partition coefficient (Wildman–Crippen LogP) is 4.83. The lowest BCUT2D eigenvalue weighted by Crippen LogP contribution is -2.24. The van der Waals surface area contributed by atoms with Crippen molar-refractivity contribution in [3.05, 3.63) is 57.8 Å². The number of anilines is 2. The molecule has 3 aromatic heterocycles. The molecule has 0 fully saturated rings. The number of thiazole rings is 1. The van der Waals surface area contributed by atoms with Gasteiger partial charge in [0.15, 0.2) is 5.13 Å². The Bertz CT molecular complexity index is 1150. The van der Waals surface area contributed by atoms with Crippen LogP contribution in [0.25, 0.3) is 5.78 Å². The zero-order valence-corrected chi connectivity index (χ0v) is 18.3. The molecule has 0 spiro atoms. The van der Waals surface area contributed by atoms with Gasteiger partial charge in [-0.15, -0.1) is 16.4 Å². The third-order valence-electron chi connectivity index (χ3n) is 4.11. The van der Waals surface area contributed by atoms with E-state index in [0.29, 0.717) is 32.5 Å². The maximum absolute atomic E-state index is 12.4. The summed E-state index contributed by atoms with van der Waals surface area (Å²) in [7, 11) is 0. The minimum absolute atomic E-state index is 0.138. The van der Waals surface area contributed by atoms with Crippen molar-refractivity contribution < 1.29 is 4.79 Å². The summed E-state index contributed by atoms with van der Waals surface area (Å²) in [5.74, 6) is 1.00. The maximum atomic E-state index is 12.4. The summed E-state index contributed by atoms with van der Waals surface area (Å²) in [6.45, 7) is 5.43. The van der Waals surface area contributed by atoms with Gasteiger partial charge in [0.25, 0.3) is 5.78 Å². The van der Waals surface area contributed by atoms with E-state index in [0.717, 1.165) is 16.8 Å². The van der Waals surface area contributed by atoms with Crippen LogP contribution in [0, 0.1) is 13.8 Å². The van der Waals surface area contributed by atoms with Crippen molar-refractivity contribution >= 4 is 57.2 Å². The lowest BCUT2D eigenvalue weighted by Gasteiger charge is -2.22. The molecular weight excluding hydrogens is 428 g/mol. The van der Waals surface area contributed by atoms with Crippen LogP contribution in [0.15, 0.2) is 41.1 Å². The Hall–Kier alpha value is -2.49. The number of aryl methyl sites for hydroxylation is 2. The summed E-state index contributed by atoms with van der Waals surface area (Å²) >= 11 is 9.34. The molecule has 1 amide bonds. The summed E-state index contributed by atoms with van der Waals surface area (Å²) in [4.78, 5) is 27.2. The zero-order chi connectivity index (χ0) is 20.5. The van der Waals surface area contributed by atoms with E-state index in [2.05, 4.69) is 20.1 Å². The van der Waals surface area contributed by atoms with Crippen LogP contribution in [0.4, 0.5) is 10.8 Å². The first kappa shape index (κ1) is 19.8. The molecule has 0 aliphatic heterocycles. The highest BCUT2D eigenvalue weighted by molar-refractivity contribution is 7.98. The number of nitrogens with zero attached hydrogens (tertiary/aromatic N) is 6. The Kier molecular flexibility index (Phi) is 5.53. The molecule has 7 nitrogen and oxygen atoms in total. The van der Waals surface area contributed by atoms with E-state index in [4.69, 9.17) is 11.6 Å². The second kappa shape index (κ2) is 8.10. The molecular formula is C19H17ClN6OS2. The largest absolute Gasteiger partial charge is 0.274 e. The van der Waals surface area contributed by atoms with Gasteiger partial charge in [-0.3, -0.25) is 9.69 Å². The summed E-state index contributed by atoms with van der Waals surface area (Å²) in [6, 6.07) is 5.66. The van der Waals surface area contributed by atoms with E-state index >= 15 is 0 Å². The minimum Gasteiger partial charge on any atom is -0.274 e. The monoisotopic (exact) mass is 444 g/mol. The smallest absolute Gasteiger partial charge is 0.253 e. The number of hydrogen-bond acceptors (Lipinski definition) is 7. The Balaban J connectivity index is 1.57. The van der Waals surface area contributed by atoms with Crippen LogP contribution in [0.2, 0.25) is 5.02 Å². The van der Waals surface area contributed by atoms with Crippen molar-refractivity contribution in [1.82, 2.24) is 24.6 Å². The first-order valence-electron chi connectivity index (χ1n) is 8.74. The quantitative estimate of drug-likeness (QED) is 0.410. The first-order chi connectivity index (χ1) is 13.9. The van der Waals surface area contributed by atoms with E-state index in [1.54, 1.807) is 27.9 Å². The number of aromatic nitrogens is 5. The number of hydrogen-bond donors (Lipinski definition) is 0. The third kappa shape index (κ3) is 4.12. The summed E-state index contributed by atoms with van der Waals surface area (Å²) in [5.41, 5.74) is 3.49. The van der Waals surface area contributed by atoms with Crippen molar-refractivity contribution in [2.75, 3.05) is 4.90 Å². The molecule has 148 valence electrons. The topological polar surface area (TPSA) is 76.3 Å². The molecule has 0 aliphatic rings. The van der Waals surface area contributed by atoms with Crippen LogP contribution in [0.1, 0.15) is 23.7 Å². The summed E-state index contributed by atoms with van der Waals surface area (Å²) in [5, 5.41) is 8.06. The zero-order valence-electron chi connectivity index (χ0n) is 16.0. The normalized spacial score (nSPS) is 11.2. The molecule has 4 rings (SSSR count). The van der Waals surface area contributed by atoms with Gasteiger partial charge in [-0.2, -0.15) is 4.98 Å². The second-order valence-corrected chi connectivity index (χ2v) is 8.62. The van der Waals surface area contributed by atoms with Gasteiger partial charge in [0.2, 0.25) is 11.1 Å². The average molecular weight is 445 g/mol. The van der Waals surface area contributed by atoms with Gasteiger partial charge in [0.05, 0.1) is 16.4 Å². The standard InChI is InChI=1S/C19H17ClN6OS2/c1-11-7-12(2)16(15(20)8-11)26(13(3)27)19-22-14(10-29-19)9-28-18-23-17-21-5-4-6-25(17)24-18/h4-8,10H,9H2,1-3H3. The van der Waals surface area contributed by atoms with Crippen molar-refractivity contribution in [3.63, 3.8) is 0 Å². The van der Waals surface area contributed by atoms with Gasteiger partial charge in [-0.1, -0.05) is 29.4 Å². The fourth-order valence-electron chi connectivity index (χ4n) is 2.96. The van der Waals surface area contributed by atoms with Gasteiger partial charge in [-0.25, -0.2) is 14.5 Å². The lowest BCUT2D eigenvalue weighted by molar-refractivity contribution is -0.115. The number of benzene rings is 1. The molecule has 4 aromatic rings. The van der Waals surface area contributed by atoms with Crippen molar-refractivity contribution in [2.45, 2.75) is 31.7 Å². The minimum atomic E-state index is -0.138. The van der Waals surface area contributed by atoms with Gasteiger partial charge < -0.3 is 0 Å². The number of carbonyl (C=O) groups excluding carboxylic acids is 1. The third-order valence-corrected chi connectivity index (χ3v) is 6.15. The number of thioether (sulfide) groups is 1. The summed E-state index contributed by atoms with van der Waals surface area (Å²) < 4.78 is 1.63. The van der Waals surface area contributed by atoms with Crippen LogP contribution < -0.4 is 4.90 Å². The van der Waals surface area contributed by atoms with E-state index in [9.17, 15) is 4.79 Å². The highest BCUT2D eigenvalue weighted by atomic mass is 35.5.